The molecule has 41 heavy (non-hydrogen) atoms. The van der Waals surface area contributed by atoms with Gasteiger partial charge in [0.25, 0.3) is 0 Å². The summed E-state index contributed by atoms with van der Waals surface area (Å²) < 4.78 is 0. The summed E-state index contributed by atoms with van der Waals surface area (Å²) in [7, 11) is 0. The first-order valence-corrected chi connectivity index (χ1v) is 14.9. The van der Waals surface area contributed by atoms with Crippen LogP contribution in [0.25, 0.3) is 44.9 Å². The first-order chi connectivity index (χ1) is 20.0. The predicted molar refractivity (Wildman–Crippen MR) is 165 cm³/mol. The molecular weight excluding hydrogens is 500 g/mol. The number of benzene rings is 4. The van der Waals surface area contributed by atoms with E-state index in [2.05, 4.69) is 44.2 Å². The highest BCUT2D eigenvalue weighted by Gasteiger charge is 2.45. The lowest BCUT2D eigenvalue weighted by atomic mass is 9.54. The van der Waals surface area contributed by atoms with Crippen LogP contribution in [0, 0.1) is 29.1 Å². The van der Waals surface area contributed by atoms with Crippen molar-refractivity contribution in [2.45, 2.75) is 51.4 Å². The summed E-state index contributed by atoms with van der Waals surface area (Å²) in [5.41, 5.74) is 5.25. The molecule has 202 valence electrons. The van der Waals surface area contributed by atoms with E-state index in [1.165, 1.54) is 37.7 Å². The number of nitrogens with zero attached hydrogens (tertiary/aromatic N) is 4. The van der Waals surface area contributed by atoms with Crippen LogP contribution in [0.15, 0.2) is 91.0 Å². The van der Waals surface area contributed by atoms with E-state index in [1.807, 2.05) is 66.7 Å². The third-order valence-corrected chi connectivity index (χ3v) is 9.34. The fourth-order valence-electron chi connectivity index (χ4n) is 7.97. The maximum Gasteiger partial charge on any atom is 0.164 e. The summed E-state index contributed by atoms with van der Waals surface area (Å²) in [5.74, 6) is 4.33. The van der Waals surface area contributed by atoms with Gasteiger partial charge in [0.05, 0.1) is 11.6 Å². The van der Waals surface area contributed by atoms with Crippen LogP contribution in [0.2, 0.25) is 0 Å². The number of fused-ring (bicyclic) bond motifs is 3. The molecule has 7 rings (SSSR count). The average Bonchev–Trinajstić information content (AvgIpc) is 3.00. The summed E-state index contributed by atoms with van der Waals surface area (Å²) in [6, 6.07) is 33.3. The summed E-state index contributed by atoms with van der Waals surface area (Å²) in [6.07, 6.45) is 6.65. The molecule has 4 heteroatoms. The molecular formula is C37H34N4. The Bertz CT molecular complexity index is 1750. The molecule has 0 amide bonds. The molecule has 1 heterocycles. The molecule has 0 aliphatic heterocycles. The monoisotopic (exact) mass is 534 g/mol. The van der Waals surface area contributed by atoms with Gasteiger partial charge in [0.2, 0.25) is 0 Å². The second-order valence-corrected chi connectivity index (χ2v) is 12.5. The molecule has 4 atom stereocenters. The van der Waals surface area contributed by atoms with Gasteiger partial charge in [0.1, 0.15) is 0 Å². The van der Waals surface area contributed by atoms with Crippen LogP contribution in [0.5, 0.6) is 0 Å². The fraction of sp³-hybridized carbons (Fsp3) is 0.297. The zero-order chi connectivity index (χ0) is 28.0. The molecule has 2 aliphatic rings. The molecule has 2 fully saturated rings. The van der Waals surface area contributed by atoms with E-state index in [-0.39, 0.29) is 0 Å². The zero-order valence-electron chi connectivity index (χ0n) is 23.7. The smallest absolute Gasteiger partial charge is 0.164 e. The summed E-state index contributed by atoms with van der Waals surface area (Å²) in [6.45, 7) is 4.88. The van der Waals surface area contributed by atoms with Crippen LogP contribution in [0.1, 0.15) is 57.1 Å². The van der Waals surface area contributed by atoms with Crippen LogP contribution >= 0.6 is 0 Å². The molecule has 1 aromatic heterocycles. The molecule has 0 radical (unpaired) electrons. The quantitative estimate of drug-likeness (QED) is 0.231. The van der Waals surface area contributed by atoms with E-state index in [4.69, 9.17) is 15.0 Å². The lowest BCUT2D eigenvalue weighted by molar-refractivity contribution is 0.0780. The van der Waals surface area contributed by atoms with Gasteiger partial charge in [0, 0.05) is 22.1 Å². The number of aromatic nitrogens is 3. The van der Waals surface area contributed by atoms with Crippen molar-refractivity contribution in [3.8, 4) is 40.2 Å². The minimum Gasteiger partial charge on any atom is -0.208 e. The Labute approximate surface area is 242 Å². The summed E-state index contributed by atoms with van der Waals surface area (Å²) in [5, 5.41) is 11.6. The zero-order valence-corrected chi connectivity index (χ0v) is 23.7. The number of nitriles is 1. The lowest BCUT2D eigenvalue weighted by Crippen LogP contribution is -2.42. The largest absolute Gasteiger partial charge is 0.208 e. The Kier molecular flexibility index (Phi) is 6.39. The van der Waals surface area contributed by atoms with Crippen LogP contribution in [0.4, 0.5) is 0 Å². The van der Waals surface area contributed by atoms with Gasteiger partial charge in [0.15, 0.2) is 17.5 Å². The molecule has 2 bridgehead atoms. The average molecular weight is 535 g/mol. The highest BCUT2D eigenvalue weighted by Crippen LogP contribution is 2.54. The van der Waals surface area contributed by atoms with E-state index in [0.29, 0.717) is 28.5 Å². The molecule has 5 aromatic rings. The molecule has 4 aromatic carbocycles. The molecule has 4 nitrogen and oxygen atoms in total. The molecule has 0 spiro atoms. The Morgan fingerprint density at radius 1 is 0.634 bits per heavy atom. The fourth-order valence-corrected chi connectivity index (χ4v) is 7.97. The SMILES string of the molecule is C[C@@H]1CC2C[C@H](C)CC(c3ccc(-c4nc(-c5ccccc5)nc(-c5cccc6c(C#N)cccc56)n4)cc3)(C2)C1. The normalized spacial score (nSPS) is 23.7. The van der Waals surface area contributed by atoms with Crippen LogP contribution in [-0.4, -0.2) is 15.0 Å². The van der Waals surface area contributed by atoms with Gasteiger partial charge in [-0.3, -0.25) is 0 Å². The van der Waals surface area contributed by atoms with Crippen molar-refractivity contribution in [2.75, 3.05) is 0 Å². The second kappa shape index (κ2) is 10.2. The van der Waals surface area contributed by atoms with Crippen molar-refractivity contribution in [1.29, 1.82) is 5.26 Å². The third kappa shape index (κ3) is 4.70. The number of hydrogen-bond acceptors (Lipinski definition) is 4. The van der Waals surface area contributed by atoms with Crippen molar-refractivity contribution in [1.82, 2.24) is 15.0 Å². The molecule has 0 saturated heterocycles. The highest BCUT2D eigenvalue weighted by molar-refractivity contribution is 5.98. The first kappa shape index (κ1) is 25.6. The van der Waals surface area contributed by atoms with Gasteiger partial charge in [-0.1, -0.05) is 98.8 Å². The van der Waals surface area contributed by atoms with Crippen molar-refractivity contribution >= 4 is 10.8 Å². The second-order valence-electron chi connectivity index (χ2n) is 12.5. The number of rotatable bonds is 4. The van der Waals surface area contributed by atoms with Crippen molar-refractivity contribution in [3.63, 3.8) is 0 Å². The van der Waals surface area contributed by atoms with Crippen molar-refractivity contribution in [3.05, 3.63) is 102 Å². The minimum absolute atomic E-state index is 0.291. The first-order valence-electron chi connectivity index (χ1n) is 14.9. The van der Waals surface area contributed by atoms with E-state index in [1.54, 1.807) is 0 Å². The molecule has 2 unspecified atom stereocenters. The maximum atomic E-state index is 9.69. The van der Waals surface area contributed by atoms with Gasteiger partial charge in [-0.05, 0) is 72.3 Å². The topological polar surface area (TPSA) is 62.5 Å². The molecule has 0 N–H and O–H groups in total. The molecule has 2 aliphatic carbocycles. The van der Waals surface area contributed by atoms with E-state index >= 15 is 0 Å². The Morgan fingerprint density at radius 3 is 1.93 bits per heavy atom. The van der Waals surface area contributed by atoms with Gasteiger partial charge in [-0.15, -0.1) is 0 Å². The van der Waals surface area contributed by atoms with E-state index < -0.39 is 0 Å². The Morgan fingerprint density at radius 2 is 1.24 bits per heavy atom. The Balaban J connectivity index is 1.34. The van der Waals surface area contributed by atoms with E-state index in [9.17, 15) is 5.26 Å². The Hall–Kier alpha value is -4.36. The minimum atomic E-state index is 0.291. The van der Waals surface area contributed by atoms with Gasteiger partial charge in [-0.2, -0.15) is 5.26 Å². The maximum absolute atomic E-state index is 9.69. The van der Waals surface area contributed by atoms with Gasteiger partial charge < -0.3 is 0 Å². The van der Waals surface area contributed by atoms with Crippen molar-refractivity contribution in [2.24, 2.45) is 17.8 Å². The van der Waals surface area contributed by atoms with Crippen molar-refractivity contribution < 1.29 is 0 Å². The van der Waals surface area contributed by atoms with Crippen LogP contribution < -0.4 is 0 Å². The standard InChI is InChI=1S/C37H34N4/c1-24-18-26-19-25(2)21-37(20-24,22-26)30-16-14-28(15-17-30)35-39-34(27-8-4-3-5-9-27)40-36(41-35)33-13-7-11-31-29(23-38)10-6-12-32(31)33/h3-17,24-26H,18-22H2,1-2H3/t24-,25+,26?,37?. The van der Waals surface area contributed by atoms with Gasteiger partial charge in [-0.25, -0.2) is 15.0 Å². The molecule has 2 saturated carbocycles. The predicted octanol–water partition coefficient (Wildman–Crippen LogP) is 9.00. The van der Waals surface area contributed by atoms with Crippen LogP contribution in [0.3, 0.4) is 0 Å². The summed E-state index contributed by atoms with van der Waals surface area (Å²) in [4.78, 5) is 14.9. The number of hydrogen-bond donors (Lipinski definition) is 0. The highest BCUT2D eigenvalue weighted by atomic mass is 15.0. The van der Waals surface area contributed by atoms with Crippen LogP contribution in [-0.2, 0) is 5.41 Å². The summed E-state index contributed by atoms with van der Waals surface area (Å²) >= 11 is 0. The third-order valence-electron chi connectivity index (χ3n) is 9.34. The van der Waals surface area contributed by atoms with Gasteiger partial charge >= 0.3 is 0 Å². The lowest BCUT2D eigenvalue weighted by Gasteiger charge is -2.50. The van der Waals surface area contributed by atoms with E-state index in [0.717, 1.165) is 45.2 Å².